The first-order chi connectivity index (χ1) is 10.1. The summed E-state index contributed by atoms with van der Waals surface area (Å²) in [7, 11) is 0. The van der Waals surface area contributed by atoms with E-state index in [9.17, 15) is 19.3 Å². The minimum absolute atomic E-state index is 0.189. The molecule has 0 aliphatic rings. The number of benzene rings is 2. The smallest absolute Gasteiger partial charge is 0.319 e. The number of carbonyl (C=O) groups excluding carboxylic acids is 1. The first kappa shape index (κ1) is 14.4. The number of hydrogen-bond acceptors (Lipinski definition) is 3. The molecule has 2 N–H and O–H groups in total. The Morgan fingerprint density at radius 3 is 2.57 bits per heavy atom. The van der Waals surface area contributed by atoms with Crippen molar-refractivity contribution in [2.45, 2.75) is 6.54 Å². The second-order valence-electron chi connectivity index (χ2n) is 4.21. The van der Waals surface area contributed by atoms with Crippen LogP contribution in [0.25, 0.3) is 0 Å². The van der Waals surface area contributed by atoms with E-state index >= 15 is 0 Å². The predicted molar refractivity (Wildman–Crippen MR) is 75.4 cm³/mol. The lowest BCUT2D eigenvalue weighted by Gasteiger charge is -2.08. The van der Waals surface area contributed by atoms with Crippen LogP contribution in [0.15, 0.2) is 48.5 Å². The molecule has 0 aromatic heterocycles. The number of halogens is 1. The average Bonchev–Trinajstić information content (AvgIpc) is 2.46. The summed E-state index contributed by atoms with van der Waals surface area (Å²) >= 11 is 0. The van der Waals surface area contributed by atoms with Crippen molar-refractivity contribution >= 4 is 17.4 Å². The number of nitrogens with zero attached hydrogens (tertiary/aromatic N) is 1. The molecule has 108 valence electrons. The Morgan fingerprint density at radius 2 is 1.90 bits per heavy atom. The van der Waals surface area contributed by atoms with E-state index in [2.05, 4.69) is 10.6 Å². The van der Waals surface area contributed by atoms with Crippen molar-refractivity contribution in [3.8, 4) is 0 Å². The Hall–Kier alpha value is -2.96. The highest BCUT2D eigenvalue weighted by Gasteiger charge is 2.16. The fourth-order valence-corrected chi connectivity index (χ4v) is 1.71. The van der Waals surface area contributed by atoms with Crippen LogP contribution in [0.5, 0.6) is 0 Å². The number of nitro benzene ring substituents is 1. The molecule has 2 rings (SSSR count). The van der Waals surface area contributed by atoms with Gasteiger partial charge in [-0.25, -0.2) is 9.18 Å². The lowest BCUT2D eigenvalue weighted by Crippen LogP contribution is -2.28. The van der Waals surface area contributed by atoms with Crippen LogP contribution in [0.4, 0.5) is 20.6 Å². The Labute approximate surface area is 119 Å². The number of rotatable bonds is 4. The quantitative estimate of drug-likeness (QED) is 0.670. The van der Waals surface area contributed by atoms with Crippen LogP contribution < -0.4 is 10.6 Å². The molecule has 0 fully saturated rings. The van der Waals surface area contributed by atoms with Gasteiger partial charge < -0.3 is 10.6 Å². The molecule has 0 atom stereocenters. The van der Waals surface area contributed by atoms with E-state index in [0.29, 0.717) is 0 Å². The molecular weight excluding hydrogens is 277 g/mol. The number of urea groups is 1. The Bertz CT molecular complexity index is 662. The largest absolute Gasteiger partial charge is 0.334 e. The Morgan fingerprint density at radius 1 is 1.19 bits per heavy atom. The SMILES string of the molecule is O=C(NCc1ccccc1)Nc1cc(F)ccc1[N+](=O)[O-]. The van der Waals surface area contributed by atoms with Crippen molar-refractivity contribution in [2.24, 2.45) is 0 Å². The highest BCUT2D eigenvalue weighted by Crippen LogP contribution is 2.24. The van der Waals surface area contributed by atoms with Crippen LogP contribution in [0.1, 0.15) is 5.56 Å². The van der Waals surface area contributed by atoms with Gasteiger partial charge in [-0.3, -0.25) is 10.1 Å². The van der Waals surface area contributed by atoms with Crippen molar-refractivity contribution in [2.75, 3.05) is 5.32 Å². The molecule has 0 aliphatic carbocycles. The third-order valence-electron chi connectivity index (χ3n) is 2.70. The summed E-state index contributed by atoms with van der Waals surface area (Å²) in [6.07, 6.45) is 0. The molecule has 0 heterocycles. The zero-order valence-corrected chi connectivity index (χ0v) is 10.9. The van der Waals surface area contributed by atoms with E-state index in [1.54, 1.807) is 0 Å². The molecule has 0 radical (unpaired) electrons. The maximum Gasteiger partial charge on any atom is 0.319 e. The molecule has 2 aromatic rings. The van der Waals surface area contributed by atoms with Gasteiger partial charge in [0.15, 0.2) is 0 Å². The van der Waals surface area contributed by atoms with Gasteiger partial charge in [-0.15, -0.1) is 0 Å². The first-order valence-electron chi connectivity index (χ1n) is 6.09. The maximum atomic E-state index is 13.1. The fourth-order valence-electron chi connectivity index (χ4n) is 1.71. The summed E-state index contributed by atoms with van der Waals surface area (Å²) in [6, 6.07) is 11.4. The van der Waals surface area contributed by atoms with Crippen LogP contribution in [-0.4, -0.2) is 11.0 Å². The number of anilines is 1. The van der Waals surface area contributed by atoms with Crippen molar-refractivity contribution in [1.29, 1.82) is 0 Å². The molecule has 2 amide bonds. The molecule has 0 spiro atoms. The minimum atomic E-state index is -0.688. The average molecular weight is 289 g/mol. The third kappa shape index (κ3) is 4.00. The number of amides is 2. The second-order valence-corrected chi connectivity index (χ2v) is 4.21. The summed E-state index contributed by atoms with van der Waals surface area (Å²) in [4.78, 5) is 21.8. The van der Waals surface area contributed by atoms with E-state index in [4.69, 9.17) is 0 Å². The number of hydrogen-bond donors (Lipinski definition) is 2. The lowest BCUT2D eigenvalue weighted by molar-refractivity contribution is -0.384. The number of carbonyl (C=O) groups is 1. The van der Waals surface area contributed by atoms with Gasteiger partial charge >= 0.3 is 6.03 Å². The van der Waals surface area contributed by atoms with Crippen LogP contribution in [-0.2, 0) is 6.54 Å². The van der Waals surface area contributed by atoms with Crippen molar-refractivity contribution in [1.82, 2.24) is 5.32 Å². The molecule has 2 aromatic carbocycles. The monoisotopic (exact) mass is 289 g/mol. The van der Waals surface area contributed by atoms with Crippen LogP contribution in [0, 0.1) is 15.9 Å². The molecule has 0 saturated carbocycles. The van der Waals surface area contributed by atoms with E-state index in [-0.39, 0.29) is 17.9 Å². The predicted octanol–water partition coefficient (Wildman–Crippen LogP) is 3.06. The van der Waals surface area contributed by atoms with Gasteiger partial charge in [0.1, 0.15) is 11.5 Å². The van der Waals surface area contributed by atoms with Crippen LogP contribution in [0.3, 0.4) is 0 Å². The van der Waals surface area contributed by atoms with Crippen molar-refractivity contribution < 1.29 is 14.1 Å². The molecule has 0 bridgehead atoms. The van der Waals surface area contributed by atoms with Gasteiger partial charge in [0.2, 0.25) is 0 Å². The molecule has 7 heteroatoms. The summed E-state index contributed by atoms with van der Waals surface area (Å²) in [5, 5.41) is 15.6. The van der Waals surface area contributed by atoms with Gasteiger partial charge in [0.05, 0.1) is 4.92 Å². The van der Waals surface area contributed by atoms with Crippen molar-refractivity contribution in [3.05, 3.63) is 70.0 Å². The van der Waals surface area contributed by atoms with Gasteiger partial charge in [0.25, 0.3) is 5.69 Å². The molecule has 0 aliphatic heterocycles. The summed E-state index contributed by atoms with van der Waals surface area (Å²) in [5.41, 5.74) is 0.318. The highest BCUT2D eigenvalue weighted by molar-refractivity contribution is 5.91. The minimum Gasteiger partial charge on any atom is -0.334 e. The second kappa shape index (κ2) is 6.47. The van der Waals surface area contributed by atoms with Crippen LogP contribution >= 0.6 is 0 Å². The van der Waals surface area contributed by atoms with Gasteiger partial charge in [-0.2, -0.15) is 0 Å². The Kier molecular flexibility index (Phi) is 4.45. The zero-order valence-electron chi connectivity index (χ0n) is 10.9. The van der Waals surface area contributed by atoms with Gasteiger partial charge in [-0.1, -0.05) is 30.3 Å². The zero-order chi connectivity index (χ0) is 15.2. The third-order valence-corrected chi connectivity index (χ3v) is 2.70. The molecule has 0 saturated heterocycles. The maximum absolute atomic E-state index is 13.1. The Balaban J connectivity index is 2.02. The topological polar surface area (TPSA) is 84.3 Å². The van der Waals surface area contributed by atoms with E-state index in [1.165, 1.54) is 0 Å². The summed E-state index contributed by atoms with van der Waals surface area (Å²) in [5.74, 6) is -0.668. The van der Waals surface area contributed by atoms with E-state index < -0.39 is 16.8 Å². The normalized spacial score (nSPS) is 9.95. The molecule has 6 nitrogen and oxygen atoms in total. The number of nitro groups is 1. The summed E-state index contributed by atoms with van der Waals surface area (Å²) < 4.78 is 13.1. The van der Waals surface area contributed by atoms with Gasteiger partial charge in [-0.05, 0) is 11.6 Å². The van der Waals surface area contributed by atoms with Crippen LogP contribution in [0.2, 0.25) is 0 Å². The highest BCUT2D eigenvalue weighted by atomic mass is 19.1. The lowest BCUT2D eigenvalue weighted by atomic mass is 10.2. The van der Waals surface area contributed by atoms with E-state index in [0.717, 1.165) is 23.8 Å². The van der Waals surface area contributed by atoms with Crippen molar-refractivity contribution in [3.63, 3.8) is 0 Å². The standard InChI is InChI=1S/C14H12FN3O3/c15-11-6-7-13(18(20)21)12(8-11)17-14(19)16-9-10-4-2-1-3-5-10/h1-8H,9H2,(H2,16,17,19). The fraction of sp³-hybridized carbons (Fsp3) is 0.0714. The summed E-state index contributed by atoms with van der Waals surface area (Å²) in [6.45, 7) is 0.260. The van der Waals surface area contributed by atoms with Gasteiger partial charge in [0, 0.05) is 18.7 Å². The first-order valence-corrected chi connectivity index (χ1v) is 6.09. The molecule has 21 heavy (non-hydrogen) atoms. The molecule has 0 unspecified atom stereocenters. The van der Waals surface area contributed by atoms with E-state index in [1.807, 2.05) is 30.3 Å². The number of nitrogens with one attached hydrogen (secondary N) is 2. The molecular formula is C14H12FN3O3.